The first-order valence-corrected chi connectivity index (χ1v) is 10.9. The Hall–Kier alpha value is -3.91. The Morgan fingerprint density at radius 3 is 2.56 bits per heavy atom. The molecule has 0 bridgehead atoms. The third-order valence-electron chi connectivity index (χ3n) is 5.10. The van der Waals surface area contributed by atoms with Gasteiger partial charge in [-0.3, -0.25) is 4.79 Å². The van der Waals surface area contributed by atoms with Crippen molar-refractivity contribution in [2.75, 3.05) is 20.3 Å². The zero-order chi connectivity index (χ0) is 24.2. The molecule has 4 aromatic rings. The molecule has 0 radical (unpaired) electrons. The summed E-state index contributed by atoms with van der Waals surface area (Å²) in [6.45, 7) is 3.40. The summed E-state index contributed by atoms with van der Waals surface area (Å²) in [4.78, 5) is 29.6. The van der Waals surface area contributed by atoms with Crippen LogP contribution < -0.4 is 9.47 Å². The largest absolute Gasteiger partial charge is 0.497 e. The molecule has 9 heteroatoms. The van der Waals surface area contributed by atoms with Crippen LogP contribution in [0, 0.1) is 6.92 Å². The molecule has 0 aliphatic heterocycles. The van der Waals surface area contributed by atoms with E-state index in [9.17, 15) is 9.59 Å². The first kappa shape index (κ1) is 23.3. The molecule has 0 unspecified atom stereocenters. The highest BCUT2D eigenvalue weighted by atomic mass is 35.5. The predicted molar refractivity (Wildman–Crippen MR) is 127 cm³/mol. The van der Waals surface area contributed by atoms with Gasteiger partial charge in [-0.05, 0) is 61.9 Å². The number of ether oxygens (including phenoxy) is 3. The number of esters is 1. The van der Waals surface area contributed by atoms with Gasteiger partial charge in [0.1, 0.15) is 17.2 Å². The number of nitrogens with zero attached hydrogens (tertiary/aromatic N) is 3. The molecule has 2 heterocycles. The number of carbonyl (C=O) groups is 2. The number of benzene rings is 2. The van der Waals surface area contributed by atoms with E-state index in [0.29, 0.717) is 21.9 Å². The highest BCUT2D eigenvalue weighted by Gasteiger charge is 2.20. The summed E-state index contributed by atoms with van der Waals surface area (Å²) < 4.78 is 17.3. The lowest BCUT2D eigenvalue weighted by Crippen LogP contribution is -2.16. The molecule has 2 aromatic carbocycles. The van der Waals surface area contributed by atoms with Crippen LogP contribution >= 0.6 is 11.6 Å². The van der Waals surface area contributed by atoms with Crippen molar-refractivity contribution in [3.8, 4) is 22.8 Å². The van der Waals surface area contributed by atoms with Crippen LogP contribution in [0.15, 0.2) is 54.7 Å². The van der Waals surface area contributed by atoms with E-state index in [1.165, 1.54) is 6.07 Å². The molecule has 34 heavy (non-hydrogen) atoms. The van der Waals surface area contributed by atoms with Gasteiger partial charge < -0.3 is 14.2 Å². The fourth-order valence-electron chi connectivity index (χ4n) is 3.34. The molecule has 0 N–H and O–H groups in total. The summed E-state index contributed by atoms with van der Waals surface area (Å²) in [7, 11) is 1.61. The van der Waals surface area contributed by atoms with E-state index in [-0.39, 0.29) is 30.2 Å². The van der Waals surface area contributed by atoms with Gasteiger partial charge in [-0.1, -0.05) is 11.6 Å². The van der Waals surface area contributed by atoms with Crippen molar-refractivity contribution in [3.05, 3.63) is 76.6 Å². The second kappa shape index (κ2) is 9.93. The van der Waals surface area contributed by atoms with Crippen LogP contribution in [0.4, 0.5) is 0 Å². The highest BCUT2D eigenvalue weighted by molar-refractivity contribution is 6.32. The standard InChI is InChI=1S/C25H22ClN3O5/c1-4-33-24(30)14-34-22-11-15(2)19(26)12-18(22)25(31)20-9-10-29-23(27-20)13-21(28-29)16-5-7-17(32-3)8-6-16/h5-13H,4,14H2,1-3H3. The lowest BCUT2D eigenvalue weighted by molar-refractivity contribution is -0.145. The second-order valence-corrected chi connectivity index (χ2v) is 7.80. The number of rotatable bonds is 8. The maximum absolute atomic E-state index is 13.3. The summed E-state index contributed by atoms with van der Waals surface area (Å²) in [5, 5.41) is 4.93. The van der Waals surface area contributed by atoms with E-state index in [4.69, 9.17) is 25.8 Å². The van der Waals surface area contributed by atoms with E-state index < -0.39 is 11.8 Å². The Kier molecular flexibility index (Phi) is 6.79. The molecule has 0 fully saturated rings. The van der Waals surface area contributed by atoms with E-state index in [0.717, 1.165) is 11.3 Å². The SMILES string of the molecule is CCOC(=O)COc1cc(C)c(Cl)cc1C(=O)c1ccn2nc(-c3ccc(OC)cc3)cc2n1. The van der Waals surface area contributed by atoms with Crippen LogP contribution in [-0.2, 0) is 9.53 Å². The number of aromatic nitrogens is 3. The fraction of sp³-hybridized carbons (Fsp3) is 0.200. The summed E-state index contributed by atoms with van der Waals surface area (Å²) in [6, 6.07) is 14.0. The third kappa shape index (κ3) is 4.87. The van der Waals surface area contributed by atoms with Crippen LogP contribution in [0.5, 0.6) is 11.5 Å². The number of methoxy groups -OCH3 is 1. The van der Waals surface area contributed by atoms with Crippen molar-refractivity contribution in [1.29, 1.82) is 0 Å². The average molecular weight is 480 g/mol. The average Bonchev–Trinajstić information content (AvgIpc) is 3.28. The number of ketones is 1. The van der Waals surface area contributed by atoms with Crippen LogP contribution in [0.2, 0.25) is 5.02 Å². The zero-order valence-corrected chi connectivity index (χ0v) is 19.6. The Morgan fingerprint density at radius 1 is 1.09 bits per heavy atom. The molecule has 0 amide bonds. The molecular formula is C25H22ClN3O5. The van der Waals surface area contributed by atoms with Crippen molar-refractivity contribution in [1.82, 2.24) is 14.6 Å². The molecule has 0 atom stereocenters. The van der Waals surface area contributed by atoms with E-state index in [2.05, 4.69) is 10.1 Å². The topological polar surface area (TPSA) is 92.0 Å². The van der Waals surface area contributed by atoms with Crippen molar-refractivity contribution in [3.63, 3.8) is 0 Å². The van der Waals surface area contributed by atoms with Gasteiger partial charge in [0.15, 0.2) is 12.3 Å². The Morgan fingerprint density at radius 2 is 1.85 bits per heavy atom. The van der Waals surface area contributed by atoms with Gasteiger partial charge >= 0.3 is 5.97 Å². The Balaban J connectivity index is 1.65. The maximum Gasteiger partial charge on any atom is 0.344 e. The number of hydrogen-bond acceptors (Lipinski definition) is 7. The minimum Gasteiger partial charge on any atom is -0.497 e. The number of fused-ring (bicyclic) bond motifs is 1. The van der Waals surface area contributed by atoms with Crippen molar-refractivity contribution < 1.29 is 23.8 Å². The van der Waals surface area contributed by atoms with Gasteiger partial charge in [0, 0.05) is 22.8 Å². The molecular weight excluding hydrogens is 458 g/mol. The minimum atomic E-state index is -0.529. The van der Waals surface area contributed by atoms with Crippen molar-refractivity contribution >= 4 is 29.0 Å². The van der Waals surface area contributed by atoms with Crippen LogP contribution in [-0.4, -0.2) is 46.7 Å². The molecule has 8 nitrogen and oxygen atoms in total. The molecule has 174 valence electrons. The van der Waals surface area contributed by atoms with E-state index in [1.54, 1.807) is 49.9 Å². The quantitative estimate of drug-likeness (QED) is 0.270. The van der Waals surface area contributed by atoms with Crippen LogP contribution in [0.3, 0.4) is 0 Å². The van der Waals surface area contributed by atoms with Crippen molar-refractivity contribution in [2.24, 2.45) is 0 Å². The first-order chi connectivity index (χ1) is 16.4. The van der Waals surface area contributed by atoms with Gasteiger partial charge in [-0.15, -0.1) is 0 Å². The third-order valence-corrected chi connectivity index (χ3v) is 5.51. The number of halogens is 1. The van der Waals surface area contributed by atoms with Crippen LogP contribution in [0.1, 0.15) is 28.5 Å². The molecule has 0 aliphatic rings. The first-order valence-electron chi connectivity index (χ1n) is 10.5. The van der Waals surface area contributed by atoms with Gasteiger partial charge in [0.2, 0.25) is 5.78 Å². The van der Waals surface area contributed by atoms with Gasteiger partial charge in [-0.2, -0.15) is 5.10 Å². The summed E-state index contributed by atoms with van der Waals surface area (Å²) >= 11 is 6.27. The van der Waals surface area contributed by atoms with Gasteiger partial charge in [-0.25, -0.2) is 14.3 Å². The zero-order valence-electron chi connectivity index (χ0n) is 18.9. The second-order valence-electron chi connectivity index (χ2n) is 7.39. The number of carbonyl (C=O) groups excluding carboxylic acids is 2. The summed E-state index contributed by atoms with van der Waals surface area (Å²) in [5.74, 6) is 0.0548. The van der Waals surface area contributed by atoms with E-state index in [1.807, 2.05) is 24.3 Å². The molecule has 0 saturated heterocycles. The Labute approximate surface area is 201 Å². The van der Waals surface area contributed by atoms with E-state index >= 15 is 0 Å². The highest BCUT2D eigenvalue weighted by Crippen LogP contribution is 2.29. The number of aryl methyl sites for hydroxylation is 1. The number of hydrogen-bond donors (Lipinski definition) is 0. The van der Waals surface area contributed by atoms with Gasteiger partial charge in [0.05, 0.1) is 25.0 Å². The van der Waals surface area contributed by atoms with Gasteiger partial charge in [0.25, 0.3) is 0 Å². The Bertz CT molecular complexity index is 1370. The normalized spacial score (nSPS) is 10.8. The minimum absolute atomic E-state index is 0.189. The molecule has 0 spiro atoms. The van der Waals surface area contributed by atoms with Crippen molar-refractivity contribution in [2.45, 2.75) is 13.8 Å². The fourth-order valence-corrected chi connectivity index (χ4v) is 3.50. The molecule has 2 aromatic heterocycles. The smallest absolute Gasteiger partial charge is 0.344 e. The lowest BCUT2D eigenvalue weighted by Gasteiger charge is -2.12. The van der Waals surface area contributed by atoms with Crippen LogP contribution in [0.25, 0.3) is 16.9 Å². The molecule has 0 saturated carbocycles. The molecule has 4 rings (SSSR count). The summed E-state index contributed by atoms with van der Waals surface area (Å²) in [6.07, 6.45) is 1.66. The predicted octanol–water partition coefficient (Wildman–Crippen LogP) is 4.54. The summed E-state index contributed by atoms with van der Waals surface area (Å²) in [5.41, 5.74) is 3.20. The lowest BCUT2D eigenvalue weighted by atomic mass is 10.0. The monoisotopic (exact) mass is 479 g/mol. The maximum atomic E-state index is 13.3. The molecule has 0 aliphatic carbocycles.